The lowest BCUT2D eigenvalue weighted by molar-refractivity contribution is -0.139. The second kappa shape index (κ2) is 4.82. The van der Waals surface area contributed by atoms with Crippen molar-refractivity contribution in [2.75, 3.05) is 25.4 Å². The molecule has 1 fully saturated rings. The van der Waals surface area contributed by atoms with Gasteiger partial charge in [0, 0.05) is 18.8 Å². The van der Waals surface area contributed by atoms with Crippen LogP contribution in [-0.4, -0.2) is 57.5 Å². The van der Waals surface area contributed by atoms with Crippen LogP contribution in [0.5, 0.6) is 0 Å². The number of anilines is 1. The molecule has 106 valence electrons. The number of hydrogen-bond donors (Lipinski definition) is 3. The van der Waals surface area contributed by atoms with E-state index in [9.17, 15) is 9.90 Å². The highest BCUT2D eigenvalue weighted by molar-refractivity contribution is 5.99. The summed E-state index contributed by atoms with van der Waals surface area (Å²) in [5, 5.41) is 15.8. The van der Waals surface area contributed by atoms with Crippen LogP contribution in [0.4, 0.5) is 5.82 Å². The molecule has 4 N–H and O–H groups in total. The Hall–Kier alpha value is -1.60. The first kappa shape index (κ1) is 13.8. The van der Waals surface area contributed by atoms with Gasteiger partial charge in [0.2, 0.25) is 0 Å². The zero-order valence-corrected chi connectivity index (χ0v) is 11.4. The number of aromatic nitrogens is 2. The molecule has 19 heavy (non-hydrogen) atoms. The van der Waals surface area contributed by atoms with E-state index in [1.807, 2.05) is 13.8 Å². The maximum absolute atomic E-state index is 12.5. The van der Waals surface area contributed by atoms with E-state index in [0.29, 0.717) is 24.3 Å². The number of rotatable bonds is 2. The number of nitrogens with zero attached hydrogens (tertiary/aromatic N) is 2. The van der Waals surface area contributed by atoms with Crippen molar-refractivity contribution in [1.82, 2.24) is 15.1 Å². The molecule has 0 aliphatic carbocycles. The van der Waals surface area contributed by atoms with Crippen LogP contribution in [0.15, 0.2) is 0 Å². The fourth-order valence-electron chi connectivity index (χ4n) is 2.42. The van der Waals surface area contributed by atoms with E-state index in [1.54, 1.807) is 11.8 Å². The number of carbonyl (C=O) groups is 1. The van der Waals surface area contributed by atoms with Gasteiger partial charge < -0.3 is 20.5 Å². The highest BCUT2D eigenvalue weighted by Crippen LogP contribution is 2.24. The topological polar surface area (TPSA) is 104 Å². The van der Waals surface area contributed by atoms with Gasteiger partial charge in [0.1, 0.15) is 5.56 Å². The van der Waals surface area contributed by atoms with Gasteiger partial charge in [0.25, 0.3) is 5.91 Å². The standard InChI is InChI=1S/C12H20N4O3/c1-7-9(10(13)15-14-7)11(18)16-4-8(5-17)19-12(2,3)6-16/h8,17H,4-6H2,1-3H3,(H3,13,14,15). The second-order valence-corrected chi connectivity index (χ2v) is 5.48. The molecule has 1 aromatic heterocycles. The number of amides is 1. The molecule has 0 aromatic carbocycles. The molecule has 2 heterocycles. The van der Waals surface area contributed by atoms with Crippen LogP contribution >= 0.6 is 0 Å². The zero-order valence-electron chi connectivity index (χ0n) is 11.4. The number of morpholine rings is 1. The predicted molar refractivity (Wildman–Crippen MR) is 69.7 cm³/mol. The molecule has 1 aliphatic rings. The summed E-state index contributed by atoms with van der Waals surface area (Å²) in [4.78, 5) is 14.2. The van der Waals surface area contributed by atoms with Crippen molar-refractivity contribution in [2.45, 2.75) is 32.5 Å². The molecular formula is C12H20N4O3. The molecule has 7 nitrogen and oxygen atoms in total. The summed E-state index contributed by atoms with van der Waals surface area (Å²) < 4.78 is 5.68. The molecule has 1 saturated heterocycles. The predicted octanol–water partition coefficient (Wildman–Crippen LogP) is -0.0878. The van der Waals surface area contributed by atoms with Gasteiger partial charge in [-0.25, -0.2) is 0 Å². The van der Waals surface area contributed by atoms with Gasteiger partial charge >= 0.3 is 0 Å². The number of aromatic amines is 1. The Morgan fingerprint density at radius 2 is 2.37 bits per heavy atom. The van der Waals surface area contributed by atoms with Gasteiger partial charge in [-0.3, -0.25) is 9.89 Å². The minimum absolute atomic E-state index is 0.118. The number of aliphatic hydroxyl groups excluding tert-OH is 1. The van der Waals surface area contributed by atoms with E-state index in [4.69, 9.17) is 10.5 Å². The number of carbonyl (C=O) groups excluding carboxylic acids is 1. The first-order valence-electron chi connectivity index (χ1n) is 6.22. The minimum atomic E-state index is -0.492. The summed E-state index contributed by atoms with van der Waals surface area (Å²) in [6.07, 6.45) is -0.374. The number of aliphatic hydroxyl groups is 1. The van der Waals surface area contributed by atoms with Gasteiger partial charge in [-0.2, -0.15) is 5.10 Å². The van der Waals surface area contributed by atoms with Gasteiger partial charge in [-0.05, 0) is 20.8 Å². The maximum atomic E-state index is 12.5. The van der Waals surface area contributed by atoms with E-state index in [1.165, 1.54) is 0 Å². The second-order valence-electron chi connectivity index (χ2n) is 5.48. The van der Waals surface area contributed by atoms with Crippen molar-refractivity contribution >= 4 is 11.7 Å². The Kier molecular flexibility index (Phi) is 3.51. The fraction of sp³-hybridized carbons (Fsp3) is 0.667. The summed E-state index contributed by atoms with van der Waals surface area (Å²) in [5.74, 6) is 0.0194. The number of H-pyrrole nitrogens is 1. The number of nitrogen functional groups attached to an aromatic ring is 1. The number of hydrogen-bond acceptors (Lipinski definition) is 5. The molecular weight excluding hydrogens is 248 g/mol. The number of nitrogens with two attached hydrogens (primary N) is 1. The number of nitrogens with one attached hydrogen (secondary N) is 1. The molecule has 2 rings (SSSR count). The summed E-state index contributed by atoms with van der Waals surface area (Å²) in [7, 11) is 0. The van der Waals surface area contributed by atoms with E-state index in [-0.39, 0.29) is 24.4 Å². The van der Waals surface area contributed by atoms with Crippen LogP contribution in [0.1, 0.15) is 29.9 Å². The number of ether oxygens (including phenoxy) is 1. The molecule has 0 radical (unpaired) electrons. The van der Waals surface area contributed by atoms with Crippen molar-refractivity contribution in [2.24, 2.45) is 0 Å². The first-order chi connectivity index (χ1) is 8.84. The Labute approximate surface area is 111 Å². The molecule has 1 amide bonds. The summed E-state index contributed by atoms with van der Waals surface area (Å²) in [6, 6.07) is 0. The van der Waals surface area contributed by atoms with Crippen molar-refractivity contribution in [3.8, 4) is 0 Å². The van der Waals surface area contributed by atoms with Gasteiger partial charge in [0.15, 0.2) is 5.82 Å². The van der Waals surface area contributed by atoms with Crippen molar-refractivity contribution in [3.63, 3.8) is 0 Å². The average molecular weight is 268 g/mol. The van der Waals surface area contributed by atoms with E-state index in [0.717, 1.165) is 0 Å². The summed E-state index contributed by atoms with van der Waals surface area (Å²) in [6.45, 7) is 6.22. The smallest absolute Gasteiger partial charge is 0.259 e. The lowest BCUT2D eigenvalue weighted by Crippen LogP contribution is -2.55. The highest BCUT2D eigenvalue weighted by Gasteiger charge is 2.36. The maximum Gasteiger partial charge on any atom is 0.259 e. The Balaban J connectivity index is 2.24. The van der Waals surface area contributed by atoms with Gasteiger partial charge in [-0.1, -0.05) is 0 Å². The van der Waals surface area contributed by atoms with E-state index >= 15 is 0 Å². The van der Waals surface area contributed by atoms with Crippen molar-refractivity contribution in [3.05, 3.63) is 11.3 Å². The SMILES string of the molecule is Cc1[nH]nc(N)c1C(=O)N1CC(CO)OC(C)(C)C1. The van der Waals surface area contributed by atoms with E-state index < -0.39 is 5.60 Å². The third-order valence-electron chi connectivity index (χ3n) is 3.16. The van der Waals surface area contributed by atoms with E-state index in [2.05, 4.69) is 10.2 Å². The van der Waals surface area contributed by atoms with Crippen LogP contribution in [0.3, 0.4) is 0 Å². The van der Waals surface area contributed by atoms with Crippen LogP contribution in [-0.2, 0) is 4.74 Å². The number of aryl methyl sites for hydroxylation is 1. The molecule has 1 aliphatic heterocycles. The van der Waals surface area contributed by atoms with Gasteiger partial charge in [-0.15, -0.1) is 0 Å². The molecule has 1 atom stereocenters. The van der Waals surface area contributed by atoms with Crippen LogP contribution in [0.25, 0.3) is 0 Å². The Bertz CT molecular complexity index is 464. The van der Waals surface area contributed by atoms with Crippen LogP contribution in [0, 0.1) is 6.92 Å². The average Bonchev–Trinajstić information content (AvgIpc) is 2.66. The van der Waals surface area contributed by atoms with Crippen molar-refractivity contribution in [1.29, 1.82) is 0 Å². The molecule has 1 unspecified atom stereocenters. The lowest BCUT2D eigenvalue weighted by Gasteiger charge is -2.42. The Morgan fingerprint density at radius 1 is 1.68 bits per heavy atom. The zero-order chi connectivity index (χ0) is 14.2. The quantitative estimate of drug-likeness (QED) is 0.695. The third kappa shape index (κ3) is 2.71. The first-order valence-corrected chi connectivity index (χ1v) is 6.22. The van der Waals surface area contributed by atoms with Crippen molar-refractivity contribution < 1.29 is 14.6 Å². The molecule has 0 bridgehead atoms. The fourth-order valence-corrected chi connectivity index (χ4v) is 2.42. The molecule has 0 saturated carbocycles. The lowest BCUT2D eigenvalue weighted by atomic mass is 10.0. The summed E-state index contributed by atoms with van der Waals surface area (Å²) >= 11 is 0. The Morgan fingerprint density at radius 3 is 2.89 bits per heavy atom. The summed E-state index contributed by atoms with van der Waals surface area (Å²) in [5.41, 5.74) is 6.26. The van der Waals surface area contributed by atoms with Crippen LogP contribution < -0.4 is 5.73 Å². The highest BCUT2D eigenvalue weighted by atomic mass is 16.5. The largest absolute Gasteiger partial charge is 0.394 e. The monoisotopic (exact) mass is 268 g/mol. The molecule has 7 heteroatoms. The minimum Gasteiger partial charge on any atom is -0.394 e. The normalized spacial score (nSPS) is 22.5. The third-order valence-corrected chi connectivity index (χ3v) is 3.16. The van der Waals surface area contributed by atoms with Gasteiger partial charge in [0.05, 0.1) is 18.3 Å². The molecule has 1 aromatic rings. The molecule has 0 spiro atoms. The van der Waals surface area contributed by atoms with Crippen LogP contribution in [0.2, 0.25) is 0 Å².